The Morgan fingerprint density at radius 3 is 1.72 bits per heavy atom. The normalized spacial score (nSPS) is 11.8. The minimum absolute atomic E-state index is 0.985. The van der Waals surface area contributed by atoms with Crippen molar-refractivity contribution in [1.29, 1.82) is 0 Å². The van der Waals surface area contributed by atoms with Crippen LogP contribution in [0.5, 0.6) is 0 Å². The second-order valence-electron chi connectivity index (χ2n) is 13.9. The van der Waals surface area contributed by atoms with E-state index < -0.39 is 0 Å². The summed E-state index contributed by atoms with van der Waals surface area (Å²) in [5.74, 6) is 0. The van der Waals surface area contributed by atoms with Crippen LogP contribution in [0.4, 0.5) is 0 Å². The predicted octanol–water partition coefficient (Wildman–Crippen LogP) is 13.7. The van der Waals surface area contributed by atoms with Crippen LogP contribution in [0.1, 0.15) is 0 Å². The molecule has 2 aromatic heterocycles. The Balaban J connectivity index is 1.01. The summed E-state index contributed by atoms with van der Waals surface area (Å²) < 4.78 is 2.37. The smallest absolute Gasteiger partial charge is 0.0702 e. The highest BCUT2D eigenvalue weighted by atomic mass is 15.0. The van der Waals surface area contributed by atoms with E-state index >= 15 is 0 Å². The molecule has 0 radical (unpaired) electrons. The molecule has 9 aromatic carbocycles. The number of pyridine rings is 1. The number of hydrogen-bond acceptors (Lipinski definition) is 1. The van der Waals surface area contributed by atoms with E-state index in [2.05, 4.69) is 185 Å². The molecule has 0 amide bonds. The van der Waals surface area contributed by atoms with Gasteiger partial charge in [-0.2, -0.15) is 0 Å². The van der Waals surface area contributed by atoms with Crippen molar-refractivity contribution in [3.05, 3.63) is 194 Å². The van der Waals surface area contributed by atoms with Gasteiger partial charge < -0.3 is 4.57 Å². The van der Waals surface area contributed by atoms with Crippen molar-refractivity contribution in [2.75, 3.05) is 0 Å². The Morgan fingerprint density at radius 2 is 0.962 bits per heavy atom. The molecule has 0 atom stereocenters. The van der Waals surface area contributed by atoms with Crippen LogP contribution in [0.15, 0.2) is 194 Å². The topological polar surface area (TPSA) is 17.8 Å². The van der Waals surface area contributed by atoms with Gasteiger partial charge in [-0.25, -0.2) is 0 Å². The molecule has 53 heavy (non-hydrogen) atoms. The van der Waals surface area contributed by atoms with Crippen molar-refractivity contribution in [1.82, 2.24) is 9.55 Å². The second kappa shape index (κ2) is 11.8. The molecule has 0 unspecified atom stereocenters. The van der Waals surface area contributed by atoms with Gasteiger partial charge in [0.15, 0.2) is 0 Å². The van der Waals surface area contributed by atoms with Crippen molar-refractivity contribution in [3.8, 4) is 50.3 Å². The van der Waals surface area contributed by atoms with E-state index in [-0.39, 0.29) is 0 Å². The summed E-state index contributed by atoms with van der Waals surface area (Å²) in [6.45, 7) is 0. The van der Waals surface area contributed by atoms with Crippen LogP contribution in [0.3, 0.4) is 0 Å². The predicted molar refractivity (Wildman–Crippen MR) is 224 cm³/mol. The average molecular weight is 673 g/mol. The lowest BCUT2D eigenvalue weighted by Gasteiger charge is -2.17. The third-order valence-electron chi connectivity index (χ3n) is 11.0. The van der Waals surface area contributed by atoms with Crippen LogP contribution >= 0.6 is 0 Å². The quantitative estimate of drug-likeness (QED) is 0.166. The molecular formula is C51H32N2. The highest BCUT2D eigenvalue weighted by molar-refractivity contribution is 6.27. The van der Waals surface area contributed by atoms with Crippen LogP contribution in [0.2, 0.25) is 0 Å². The first-order valence-electron chi connectivity index (χ1n) is 18.2. The maximum absolute atomic E-state index is 4.61. The molecule has 2 heteroatoms. The molecule has 11 aromatic rings. The molecule has 0 saturated carbocycles. The Hall–Kier alpha value is -7.03. The van der Waals surface area contributed by atoms with E-state index in [1.807, 2.05) is 18.3 Å². The van der Waals surface area contributed by atoms with E-state index in [1.165, 1.54) is 93.2 Å². The van der Waals surface area contributed by atoms with Crippen molar-refractivity contribution >= 4 is 54.1 Å². The number of para-hydroxylation sites is 2. The van der Waals surface area contributed by atoms with Gasteiger partial charge >= 0.3 is 0 Å². The molecule has 0 saturated heterocycles. The zero-order chi connectivity index (χ0) is 34.9. The summed E-state index contributed by atoms with van der Waals surface area (Å²) in [5.41, 5.74) is 13.1. The molecule has 2 nitrogen and oxygen atoms in total. The fourth-order valence-electron chi connectivity index (χ4n) is 8.53. The second-order valence-corrected chi connectivity index (χ2v) is 13.9. The van der Waals surface area contributed by atoms with Crippen molar-refractivity contribution in [2.24, 2.45) is 0 Å². The number of benzene rings is 9. The van der Waals surface area contributed by atoms with E-state index in [1.54, 1.807) is 0 Å². The third-order valence-corrected chi connectivity index (χ3v) is 11.0. The summed E-state index contributed by atoms with van der Waals surface area (Å²) in [6, 6.07) is 68.5. The maximum Gasteiger partial charge on any atom is 0.0702 e. The van der Waals surface area contributed by atoms with Gasteiger partial charge in [-0.1, -0.05) is 140 Å². The van der Waals surface area contributed by atoms with E-state index in [9.17, 15) is 0 Å². The molecule has 11 rings (SSSR count). The van der Waals surface area contributed by atoms with Gasteiger partial charge in [-0.3, -0.25) is 4.98 Å². The molecule has 2 heterocycles. The van der Waals surface area contributed by atoms with Crippen LogP contribution in [0.25, 0.3) is 104 Å². The number of nitrogens with zero attached hydrogens (tertiary/aromatic N) is 2. The van der Waals surface area contributed by atoms with Gasteiger partial charge in [-0.15, -0.1) is 0 Å². The first-order valence-corrected chi connectivity index (χ1v) is 18.2. The van der Waals surface area contributed by atoms with Crippen molar-refractivity contribution in [3.63, 3.8) is 0 Å². The molecule has 246 valence electrons. The summed E-state index contributed by atoms with van der Waals surface area (Å²) in [5, 5.41) is 10.3. The third kappa shape index (κ3) is 4.70. The largest absolute Gasteiger partial charge is 0.309 e. The number of aromatic nitrogens is 2. The van der Waals surface area contributed by atoms with Crippen molar-refractivity contribution < 1.29 is 0 Å². The van der Waals surface area contributed by atoms with Crippen LogP contribution in [-0.2, 0) is 0 Å². The van der Waals surface area contributed by atoms with Gasteiger partial charge in [0.2, 0.25) is 0 Å². The highest BCUT2D eigenvalue weighted by Crippen LogP contribution is 2.43. The maximum atomic E-state index is 4.61. The molecular weight excluding hydrogens is 641 g/mol. The van der Waals surface area contributed by atoms with Crippen molar-refractivity contribution in [2.45, 2.75) is 0 Å². The Morgan fingerprint density at radius 1 is 0.340 bits per heavy atom. The summed E-state index contributed by atoms with van der Waals surface area (Å²) in [6.07, 6.45) is 1.86. The van der Waals surface area contributed by atoms with Crippen LogP contribution < -0.4 is 0 Å². The molecule has 0 bridgehead atoms. The van der Waals surface area contributed by atoms with Gasteiger partial charge in [0.1, 0.15) is 0 Å². The molecule has 0 fully saturated rings. The lowest BCUT2D eigenvalue weighted by Crippen LogP contribution is -1.92. The Kier molecular flexibility index (Phi) is 6.59. The average Bonchev–Trinajstić information content (AvgIpc) is 3.57. The molecule has 0 aliphatic carbocycles. The zero-order valence-electron chi connectivity index (χ0n) is 28.9. The highest BCUT2D eigenvalue weighted by Gasteiger charge is 2.16. The van der Waals surface area contributed by atoms with Crippen LogP contribution in [0, 0.1) is 0 Å². The Labute approximate surface area is 307 Å². The fourth-order valence-corrected chi connectivity index (χ4v) is 8.53. The van der Waals surface area contributed by atoms with Gasteiger partial charge in [-0.05, 0) is 114 Å². The molecule has 0 spiro atoms. The van der Waals surface area contributed by atoms with E-state index in [4.69, 9.17) is 0 Å². The molecule has 0 N–H and O–H groups in total. The fraction of sp³-hybridized carbons (Fsp3) is 0. The summed E-state index contributed by atoms with van der Waals surface area (Å²) in [7, 11) is 0. The standard InChI is InChI=1S/C51H32N2/c1-2-11-40(12-3-1)53-48-15-5-4-13-43(48)46-32-37(24-29-49(46)53)33-16-18-34(19-17-33)41-25-20-35-23-28-45-42(26-21-36-22-27-44(41)50(35)51(36)45)38-9-8-10-39(31-38)47-14-6-7-30-52-47/h1-32H. The SMILES string of the molecule is c1ccc(-n2c3ccccc3c3cc(-c4ccc(-c5ccc6ccc7c(-c8cccc(-c9ccccn9)c8)ccc8ccc5c6c87)cc4)ccc32)cc1. The number of rotatable bonds is 5. The van der Waals surface area contributed by atoms with E-state index in [0.29, 0.717) is 0 Å². The number of fused-ring (bicyclic) bond motifs is 3. The zero-order valence-corrected chi connectivity index (χ0v) is 28.9. The monoisotopic (exact) mass is 672 g/mol. The number of hydrogen-bond donors (Lipinski definition) is 0. The van der Waals surface area contributed by atoms with Gasteiger partial charge in [0.05, 0.1) is 16.7 Å². The lowest BCUT2D eigenvalue weighted by atomic mass is 9.87. The first-order chi connectivity index (χ1) is 26.3. The minimum atomic E-state index is 0.985. The Bertz CT molecular complexity index is 3140. The van der Waals surface area contributed by atoms with Gasteiger partial charge in [0.25, 0.3) is 0 Å². The van der Waals surface area contributed by atoms with Gasteiger partial charge in [0, 0.05) is 28.2 Å². The molecule has 0 aliphatic rings. The molecule has 0 aliphatic heterocycles. The lowest BCUT2D eigenvalue weighted by molar-refractivity contribution is 1.18. The summed E-state index contributed by atoms with van der Waals surface area (Å²) in [4.78, 5) is 4.61. The minimum Gasteiger partial charge on any atom is -0.309 e. The van der Waals surface area contributed by atoms with E-state index in [0.717, 1.165) is 11.3 Å². The summed E-state index contributed by atoms with van der Waals surface area (Å²) >= 11 is 0. The first kappa shape index (κ1) is 29.7. The van der Waals surface area contributed by atoms with Crippen LogP contribution in [-0.4, -0.2) is 9.55 Å².